The van der Waals surface area contributed by atoms with Crippen LogP contribution in [0.25, 0.3) is 6.08 Å². The van der Waals surface area contributed by atoms with E-state index in [-0.39, 0.29) is 10.9 Å². The molecule has 0 radical (unpaired) electrons. The van der Waals surface area contributed by atoms with Crippen LogP contribution < -0.4 is 15.8 Å². The van der Waals surface area contributed by atoms with E-state index in [4.69, 9.17) is 22.1 Å². The molecule has 0 spiro atoms. The molecule has 2 aromatic rings. The largest absolute Gasteiger partial charge is 0.495 e. The highest BCUT2D eigenvalue weighted by Gasteiger charge is 2.03. The van der Waals surface area contributed by atoms with Crippen molar-refractivity contribution in [3.8, 4) is 5.75 Å². The van der Waals surface area contributed by atoms with Gasteiger partial charge < -0.3 is 15.8 Å². The number of nitrogens with one attached hydrogen (secondary N) is 1. The molecule has 0 bridgehead atoms. The minimum atomic E-state index is -0.538. The van der Waals surface area contributed by atoms with Crippen molar-refractivity contribution >= 4 is 35.0 Å². The lowest BCUT2D eigenvalue weighted by Gasteiger charge is -2.05. The van der Waals surface area contributed by atoms with Gasteiger partial charge in [0.15, 0.2) is 0 Å². The number of hydrogen-bond donors (Lipinski definition) is 2. The number of hydrogen-bond acceptors (Lipinski definition) is 3. The van der Waals surface area contributed by atoms with Gasteiger partial charge in [0.2, 0.25) is 5.91 Å². The highest BCUT2D eigenvalue weighted by atomic mass is 35.5. The summed E-state index contributed by atoms with van der Waals surface area (Å²) in [6.07, 6.45) is 2.95. The van der Waals surface area contributed by atoms with E-state index in [1.165, 1.54) is 31.4 Å². The maximum atomic E-state index is 13.0. The molecule has 0 aliphatic carbocycles. The van der Waals surface area contributed by atoms with E-state index in [0.717, 1.165) is 5.56 Å². The monoisotopic (exact) mass is 320 g/mol. The Bertz CT molecular complexity index is 732. The van der Waals surface area contributed by atoms with Gasteiger partial charge in [0, 0.05) is 11.8 Å². The number of ether oxygens (including phenoxy) is 1. The molecule has 6 heteroatoms. The zero-order valence-corrected chi connectivity index (χ0v) is 12.5. The first-order chi connectivity index (χ1) is 10.5. The van der Waals surface area contributed by atoms with Gasteiger partial charge in [-0.25, -0.2) is 4.39 Å². The first kappa shape index (κ1) is 15.9. The first-order valence-electron chi connectivity index (χ1n) is 6.37. The molecule has 114 valence electrons. The molecule has 0 atom stereocenters. The number of halogens is 2. The van der Waals surface area contributed by atoms with E-state index < -0.39 is 5.82 Å². The second-order valence-electron chi connectivity index (χ2n) is 4.45. The van der Waals surface area contributed by atoms with Gasteiger partial charge in [-0.2, -0.15) is 0 Å². The lowest BCUT2D eigenvalue weighted by Crippen LogP contribution is -2.07. The lowest BCUT2D eigenvalue weighted by atomic mass is 10.1. The molecule has 0 heterocycles. The van der Waals surface area contributed by atoms with E-state index >= 15 is 0 Å². The molecular formula is C16H14ClFN2O2. The Morgan fingerprint density at radius 1 is 1.32 bits per heavy atom. The second kappa shape index (κ2) is 6.95. The van der Waals surface area contributed by atoms with Crippen LogP contribution in [0.2, 0.25) is 5.02 Å². The number of anilines is 2. The fraction of sp³-hybridized carbons (Fsp3) is 0.0625. The lowest BCUT2D eigenvalue weighted by molar-refractivity contribution is -0.111. The smallest absolute Gasteiger partial charge is 0.248 e. The van der Waals surface area contributed by atoms with Gasteiger partial charge in [-0.15, -0.1) is 0 Å². The summed E-state index contributed by atoms with van der Waals surface area (Å²) in [7, 11) is 1.53. The minimum Gasteiger partial charge on any atom is -0.495 e. The predicted octanol–water partition coefficient (Wildman–Crippen LogP) is 3.72. The summed E-state index contributed by atoms with van der Waals surface area (Å²) in [5.41, 5.74) is 7.43. The van der Waals surface area contributed by atoms with Crippen molar-refractivity contribution in [2.45, 2.75) is 0 Å². The van der Waals surface area contributed by atoms with Crippen molar-refractivity contribution in [3.63, 3.8) is 0 Å². The molecule has 0 unspecified atom stereocenters. The topological polar surface area (TPSA) is 64.3 Å². The Kier molecular flexibility index (Phi) is 5.01. The van der Waals surface area contributed by atoms with Crippen LogP contribution in [0.1, 0.15) is 5.56 Å². The molecule has 0 aliphatic heterocycles. The van der Waals surface area contributed by atoms with Crippen molar-refractivity contribution in [1.82, 2.24) is 0 Å². The van der Waals surface area contributed by atoms with Crippen LogP contribution in [0.4, 0.5) is 15.8 Å². The van der Waals surface area contributed by atoms with Crippen molar-refractivity contribution in [3.05, 3.63) is 58.9 Å². The normalized spacial score (nSPS) is 10.7. The molecule has 3 N–H and O–H groups in total. The third-order valence-electron chi connectivity index (χ3n) is 2.87. The minimum absolute atomic E-state index is 0.0512. The Morgan fingerprint density at radius 2 is 2.09 bits per heavy atom. The summed E-state index contributed by atoms with van der Waals surface area (Å²) < 4.78 is 18.1. The first-order valence-corrected chi connectivity index (χ1v) is 6.75. The Hall–Kier alpha value is -2.53. The fourth-order valence-corrected chi connectivity index (χ4v) is 1.97. The molecule has 0 aliphatic rings. The number of nitrogen functional groups attached to an aromatic ring is 1. The quantitative estimate of drug-likeness (QED) is 0.666. The standard InChI is InChI=1S/C16H14ClFN2O2/c1-22-15-6-2-10(8-14(15)19)3-7-16(21)20-11-4-5-13(18)12(17)9-11/h2-9H,19H2,1H3,(H,20,21)/b7-3-. The molecule has 1 amide bonds. The van der Waals surface area contributed by atoms with E-state index in [1.54, 1.807) is 24.3 Å². The molecule has 2 aromatic carbocycles. The molecule has 22 heavy (non-hydrogen) atoms. The molecule has 0 saturated heterocycles. The van der Waals surface area contributed by atoms with Crippen molar-refractivity contribution in [2.75, 3.05) is 18.2 Å². The molecule has 0 aromatic heterocycles. The Labute approximate surface area is 132 Å². The molecular weight excluding hydrogens is 307 g/mol. The number of methoxy groups -OCH3 is 1. The molecule has 2 rings (SSSR count). The number of carbonyl (C=O) groups excluding carboxylic acids is 1. The van der Waals surface area contributed by atoms with Gasteiger partial charge in [0.05, 0.1) is 17.8 Å². The third-order valence-corrected chi connectivity index (χ3v) is 3.16. The summed E-state index contributed by atoms with van der Waals surface area (Å²) in [6.45, 7) is 0. The maximum Gasteiger partial charge on any atom is 0.248 e. The zero-order chi connectivity index (χ0) is 16.1. The van der Waals surface area contributed by atoms with Crippen LogP contribution in [0.5, 0.6) is 5.75 Å². The second-order valence-corrected chi connectivity index (χ2v) is 4.86. The van der Waals surface area contributed by atoms with E-state index in [9.17, 15) is 9.18 Å². The number of carbonyl (C=O) groups is 1. The van der Waals surface area contributed by atoms with Crippen LogP contribution in [0.3, 0.4) is 0 Å². The van der Waals surface area contributed by atoms with Gasteiger partial charge in [-0.1, -0.05) is 17.7 Å². The van der Waals surface area contributed by atoms with Crippen molar-refractivity contribution in [2.24, 2.45) is 0 Å². The van der Waals surface area contributed by atoms with Gasteiger partial charge in [0.1, 0.15) is 11.6 Å². The molecule has 0 saturated carbocycles. The number of nitrogens with two attached hydrogens (primary N) is 1. The predicted molar refractivity (Wildman–Crippen MR) is 86.5 cm³/mol. The van der Waals surface area contributed by atoms with E-state index in [2.05, 4.69) is 5.32 Å². The highest BCUT2D eigenvalue weighted by molar-refractivity contribution is 6.31. The average Bonchev–Trinajstić information content (AvgIpc) is 2.49. The van der Waals surface area contributed by atoms with Crippen LogP contribution in [-0.2, 0) is 4.79 Å². The van der Waals surface area contributed by atoms with Gasteiger partial charge in [0.25, 0.3) is 0 Å². The average molecular weight is 321 g/mol. The SMILES string of the molecule is COc1ccc(/C=C\C(=O)Nc2ccc(F)c(Cl)c2)cc1N. The summed E-state index contributed by atoms with van der Waals surface area (Å²) in [6, 6.07) is 9.13. The fourth-order valence-electron chi connectivity index (χ4n) is 1.79. The number of benzene rings is 2. The van der Waals surface area contributed by atoms with Crippen molar-refractivity contribution < 1.29 is 13.9 Å². The number of rotatable bonds is 4. The van der Waals surface area contributed by atoms with Gasteiger partial charge in [-0.3, -0.25) is 4.79 Å². The van der Waals surface area contributed by atoms with E-state index in [0.29, 0.717) is 17.1 Å². The van der Waals surface area contributed by atoms with E-state index in [1.807, 2.05) is 0 Å². The van der Waals surface area contributed by atoms with Crippen LogP contribution in [0, 0.1) is 5.82 Å². The third kappa shape index (κ3) is 3.99. The summed E-state index contributed by atoms with van der Waals surface area (Å²) in [5.74, 6) is -0.330. The zero-order valence-electron chi connectivity index (χ0n) is 11.8. The highest BCUT2D eigenvalue weighted by Crippen LogP contribution is 2.22. The Balaban J connectivity index is 2.04. The van der Waals surface area contributed by atoms with Crippen molar-refractivity contribution in [1.29, 1.82) is 0 Å². The summed E-state index contributed by atoms with van der Waals surface area (Å²) in [4.78, 5) is 11.8. The van der Waals surface area contributed by atoms with Crippen LogP contribution in [-0.4, -0.2) is 13.0 Å². The maximum absolute atomic E-state index is 13.0. The summed E-state index contributed by atoms with van der Waals surface area (Å²) in [5, 5.41) is 2.53. The number of amides is 1. The van der Waals surface area contributed by atoms with Crippen LogP contribution >= 0.6 is 11.6 Å². The Morgan fingerprint density at radius 3 is 2.73 bits per heavy atom. The van der Waals surface area contributed by atoms with Gasteiger partial charge >= 0.3 is 0 Å². The summed E-state index contributed by atoms with van der Waals surface area (Å²) >= 11 is 5.65. The van der Waals surface area contributed by atoms with Gasteiger partial charge in [-0.05, 0) is 42.0 Å². The molecule has 0 fully saturated rings. The van der Waals surface area contributed by atoms with Crippen LogP contribution in [0.15, 0.2) is 42.5 Å². The molecule has 4 nitrogen and oxygen atoms in total.